The lowest BCUT2D eigenvalue weighted by molar-refractivity contribution is 0.0305. The average molecular weight is 448 g/mol. The van der Waals surface area contributed by atoms with Crippen molar-refractivity contribution in [1.29, 1.82) is 0 Å². The molecule has 2 amide bonds. The van der Waals surface area contributed by atoms with Gasteiger partial charge in [-0.2, -0.15) is 0 Å². The first-order valence-electron chi connectivity index (χ1n) is 9.53. The van der Waals surface area contributed by atoms with Gasteiger partial charge in [0.05, 0.1) is 45.0 Å². The van der Waals surface area contributed by atoms with Gasteiger partial charge in [-0.3, -0.25) is 9.59 Å². The number of carbonyl (C=O) groups excluding carboxylic acids is 3. The molecule has 0 radical (unpaired) electrons. The Morgan fingerprint density at radius 1 is 1.06 bits per heavy atom. The maximum absolute atomic E-state index is 13.0. The van der Waals surface area contributed by atoms with Gasteiger partial charge in [-0.1, -0.05) is 0 Å². The van der Waals surface area contributed by atoms with Crippen molar-refractivity contribution in [2.75, 3.05) is 52.9 Å². The summed E-state index contributed by atoms with van der Waals surface area (Å²) in [6.45, 7) is 3.53. The van der Waals surface area contributed by atoms with Gasteiger partial charge < -0.3 is 29.2 Å². The number of nitrogens with one attached hydrogen (secondary N) is 1. The summed E-state index contributed by atoms with van der Waals surface area (Å²) in [5.41, 5.74) is 0.939. The number of carbonyl (C=O) groups is 3. The summed E-state index contributed by atoms with van der Waals surface area (Å²) in [4.78, 5) is 40.3. The minimum absolute atomic E-state index is 0.165. The highest BCUT2D eigenvalue weighted by atomic mass is 32.1. The Morgan fingerprint density at radius 3 is 2.35 bits per heavy atom. The number of methoxy groups -OCH3 is 3. The van der Waals surface area contributed by atoms with Crippen molar-refractivity contribution in [3.63, 3.8) is 0 Å². The van der Waals surface area contributed by atoms with Crippen LogP contribution < -0.4 is 14.8 Å². The van der Waals surface area contributed by atoms with Gasteiger partial charge in [0.2, 0.25) is 0 Å². The first-order chi connectivity index (χ1) is 14.9. The molecule has 1 N–H and O–H groups in total. The molecule has 0 bridgehead atoms. The lowest BCUT2D eigenvalue weighted by Gasteiger charge is -2.26. The van der Waals surface area contributed by atoms with Crippen LogP contribution in [0.3, 0.4) is 0 Å². The topological polar surface area (TPSA) is 103 Å². The summed E-state index contributed by atoms with van der Waals surface area (Å²) in [5, 5.41) is 2.99. The molecule has 1 fully saturated rings. The van der Waals surface area contributed by atoms with Crippen LogP contribution in [-0.4, -0.2) is 70.3 Å². The summed E-state index contributed by atoms with van der Waals surface area (Å²) in [6.07, 6.45) is 0. The van der Waals surface area contributed by atoms with Crippen molar-refractivity contribution < 1.29 is 33.3 Å². The van der Waals surface area contributed by atoms with Gasteiger partial charge in [-0.15, -0.1) is 11.3 Å². The maximum atomic E-state index is 13.0. The first-order valence-corrected chi connectivity index (χ1v) is 10.3. The van der Waals surface area contributed by atoms with Crippen LogP contribution in [0.15, 0.2) is 18.2 Å². The molecule has 2 aromatic rings. The van der Waals surface area contributed by atoms with E-state index in [1.54, 1.807) is 24.0 Å². The number of esters is 1. The maximum Gasteiger partial charge on any atom is 0.341 e. The van der Waals surface area contributed by atoms with Crippen LogP contribution in [-0.2, 0) is 9.47 Å². The second kappa shape index (κ2) is 9.80. The number of ether oxygens (including phenoxy) is 4. The molecular formula is C21H24N2O7S. The lowest BCUT2D eigenvalue weighted by Crippen LogP contribution is -2.40. The van der Waals surface area contributed by atoms with Crippen molar-refractivity contribution >= 4 is 34.1 Å². The molecular weight excluding hydrogens is 424 g/mol. The van der Waals surface area contributed by atoms with Crippen molar-refractivity contribution in [1.82, 2.24) is 4.90 Å². The van der Waals surface area contributed by atoms with Crippen LogP contribution >= 0.6 is 11.3 Å². The number of rotatable bonds is 6. The van der Waals surface area contributed by atoms with Gasteiger partial charge in [0, 0.05) is 18.7 Å². The van der Waals surface area contributed by atoms with Crippen molar-refractivity contribution in [3.8, 4) is 11.5 Å². The molecule has 1 aliphatic rings. The van der Waals surface area contributed by atoms with Gasteiger partial charge >= 0.3 is 5.97 Å². The lowest BCUT2D eigenvalue weighted by atomic mass is 10.1. The number of anilines is 1. The standard InChI is InChI=1S/C21H24N2O7S/c1-12-16(21(26)29-4)19(31-17(12)20(25)23-7-9-30-10-8-23)22-18(24)13-5-6-14(27-2)15(11-13)28-3/h5-6,11H,7-10H2,1-4H3,(H,22,24). The molecule has 1 aromatic carbocycles. The molecule has 1 saturated heterocycles. The fourth-order valence-corrected chi connectivity index (χ4v) is 4.37. The van der Waals surface area contributed by atoms with E-state index in [1.165, 1.54) is 27.4 Å². The second-order valence-electron chi connectivity index (χ2n) is 6.68. The van der Waals surface area contributed by atoms with Gasteiger partial charge in [-0.05, 0) is 30.7 Å². The second-order valence-corrected chi connectivity index (χ2v) is 7.70. The van der Waals surface area contributed by atoms with Crippen molar-refractivity contribution in [2.24, 2.45) is 0 Å². The first kappa shape index (κ1) is 22.6. The third kappa shape index (κ3) is 4.64. The van der Waals surface area contributed by atoms with Crippen LogP contribution in [0.1, 0.15) is 36.0 Å². The number of thiophene rings is 1. The summed E-state index contributed by atoms with van der Waals surface area (Å²) >= 11 is 1.05. The molecule has 1 aromatic heterocycles. The Bertz CT molecular complexity index is 996. The quantitative estimate of drug-likeness (QED) is 0.678. The molecule has 3 rings (SSSR count). The zero-order valence-electron chi connectivity index (χ0n) is 17.8. The normalized spacial score (nSPS) is 13.5. The number of hydrogen-bond donors (Lipinski definition) is 1. The van der Waals surface area contributed by atoms with Crippen molar-refractivity contribution in [3.05, 3.63) is 39.8 Å². The molecule has 0 atom stereocenters. The van der Waals surface area contributed by atoms with Crippen LogP contribution in [0.4, 0.5) is 5.00 Å². The molecule has 0 spiro atoms. The highest BCUT2D eigenvalue weighted by Gasteiger charge is 2.29. The molecule has 166 valence electrons. The number of morpholine rings is 1. The highest BCUT2D eigenvalue weighted by Crippen LogP contribution is 2.35. The fraction of sp³-hybridized carbons (Fsp3) is 0.381. The SMILES string of the molecule is COC(=O)c1c(NC(=O)c2ccc(OC)c(OC)c2)sc(C(=O)N2CCOCC2)c1C. The Kier molecular flexibility index (Phi) is 7.13. The van der Waals surface area contributed by atoms with E-state index in [9.17, 15) is 14.4 Å². The summed E-state index contributed by atoms with van der Waals surface area (Å²) in [5.74, 6) is -0.411. The molecule has 2 heterocycles. The molecule has 0 unspecified atom stereocenters. The number of amides is 2. The summed E-state index contributed by atoms with van der Waals surface area (Å²) in [7, 11) is 4.23. The van der Waals surface area contributed by atoms with E-state index in [1.807, 2.05) is 0 Å². The monoisotopic (exact) mass is 448 g/mol. The van der Waals surface area contributed by atoms with E-state index < -0.39 is 11.9 Å². The Morgan fingerprint density at radius 2 is 1.74 bits per heavy atom. The van der Waals surface area contributed by atoms with E-state index in [0.29, 0.717) is 53.8 Å². The van der Waals surface area contributed by atoms with Crippen molar-refractivity contribution in [2.45, 2.75) is 6.92 Å². The number of hydrogen-bond acceptors (Lipinski definition) is 8. The van der Waals surface area contributed by atoms with Crippen LogP contribution in [0.5, 0.6) is 11.5 Å². The van der Waals surface area contributed by atoms with E-state index in [0.717, 1.165) is 11.3 Å². The summed E-state index contributed by atoms with van der Waals surface area (Å²) in [6, 6.07) is 4.73. The third-order valence-corrected chi connectivity index (χ3v) is 6.10. The molecule has 1 aliphatic heterocycles. The zero-order chi connectivity index (χ0) is 22.5. The third-order valence-electron chi connectivity index (χ3n) is 4.90. The van der Waals surface area contributed by atoms with Gasteiger partial charge in [0.25, 0.3) is 11.8 Å². The van der Waals surface area contributed by atoms with E-state index in [2.05, 4.69) is 5.32 Å². The minimum Gasteiger partial charge on any atom is -0.493 e. The number of benzene rings is 1. The predicted octanol–water partition coefficient (Wildman–Crippen LogP) is 2.59. The highest BCUT2D eigenvalue weighted by molar-refractivity contribution is 7.18. The minimum atomic E-state index is -0.627. The van der Waals surface area contributed by atoms with Gasteiger partial charge in [0.15, 0.2) is 11.5 Å². The summed E-state index contributed by atoms with van der Waals surface area (Å²) < 4.78 is 20.6. The van der Waals surface area contributed by atoms with Crippen LogP contribution in [0.2, 0.25) is 0 Å². The molecule has 10 heteroatoms. The zero-order valence-corrected chi connectivity index (χ0v) is 18.6. The number of nitrogens with zero attached hydrogens (tertiary/aromatic N) is 1. The van der Waals surface area contributed by atoms with Gasteiger partial charge in [-0.25, -0.2) is 4.79 Å². The predicted molar refractivity (Wildman–Crippen MR) is 115 cm³/mol. The molecule has 0 saturated carbocycles. The van der Waals surface area contributed by atoms with Crippen LogP contribution in [0, 0.1) is 6.92 Å². The van der Waals surface area contributed by atoms with Crippen LogP contribution in [0.25, 0.3) is 0 Å². The Labute approximate surface area is 183 Å². The fourth-order valence-electron chi connectivity index (χ4n) is 3.22. The van der Waals surface area contributed by atoms with E-state index in [-0.39, 0.29) is 16.5 Å². The van der Waals surface area contributed by atoms with E-state index in [4.69, 9.17) is 18.9 Å². The molecule has 9 nitrogen and oxygen atoms in total. The van der Waals surface area contributed by atoms with E-state index >= 15 is 0 Å². The van der Waals surface area contributed by atoms with Gasteiger partial charge in [0.1, 0.15) is 5.00 Å². The largest absolute Gasteiger partial charge is 0.493 e. The Hall–Kier alpha value is -3.11. The molecule has 31 heavy (non-hydrogen) atoms. The average Bonchev–Trinajstić information content (AvgIpc) is 3.13. The Balaban J connectivity index is 1.93. The molecule has 0 aliphatic carbocycles. The smallest absolute Gasteiger partial charge is 0.341 e.